The Kier molecular flexibility index (Phi) is 5.54. The summed E-state index contributed by atoms with van der Waals surface area (Å²) < 4.78 is 1.10. The highest BCUT2D eigenvalue weighted by Gasteiger charge is 2.11. The Morgan fingerprint density at radius 2 is 2.25 bits per heavy atom. The fourth-order valence-corrected chi connectivity index (χ4v) is 2.27. The SMILES string of the molecule is CC#CCNC(CN)c1ccc(C)cc1Br. The summed E-state index contributed by atoms with van der Waals surface area (Å²) in [5, 5.41) is 3.32. The lowest BCUT2D eigenvalue weighted by Gasteiger charge is -2.17. The number of hydrogen-bond acceptors (Lipinski definition) is 2. The zero-order valence-corrected chi connectivity index (χ0v) is 11.3. The molecular formula is C13H17BrN2. The smallest absolute Gasteiger partial charge is 0.0581 e. The van der Waals surface area contributed by atoms with Gasteiger partial charge in [-0.15, -0.1) is 5.92 Å². The molecule has 0 saturated heterocycles. The highest BCUT2D eigenvalue weighted by atomic mass is 79.9. The van der Waals surface area contributed by atoms with Crippen molar-refractivity contribution < 1.29 is 0 Å². The summed E-state index contributed by atoms with van der Waals surface area (Å²) in [4.78, 5) is 0. The summed E-state index contributed by atoms with van der Waals surface area (Å²) in [7, 11) is 0. The largest absolute Gasteiger partial charge is 0.329 e. The molecule has 0 heterocycles. The molecule has 0 aliphatic rings. The molecule has 0 aliphatic heterocycles. The highest BCUT2D eigenvalue weighted by molar-refractivity contribution is 9.10. The topological polar surface area (TPSA) is 38.0 Å². The van der Waals surface area contributed by atoms with Gasteiger partial charge in [0.15, 0.2) is 0 Å². The first-order valence-corrected chi connectivity index (χ1v) is 6.07. The number of hydrogen-bond donors (Lipinski definition) is 2. The summed E-state index contributed by atoms with van der Waals surface area (Å²) in [5.74, 6) is 5.84. The molecule has 1 unspecified atom stereocenters. The molecule has 1 atom stereocenters. The standard InChI is InChI=1S/C13H17BrN2/c1-3-4-7-16-13(9-15)11-6-5-10(2)8-12(11)14/h5-6,8,13,16H,7,9,15H2,1-2H3. The van der Waals surface area contributed by atoms with Crippen LogP contribution in [0.2, 0.25) is 0 Å². The second kappa shape index (κ2) is 6.70. The van der Waals surface area contributed by atoms with Gasteiger partial charge in [-0.25, -0.2) is 0 Å². The Labute approximate surface area is 106 Å². The quantitative estimate of drug-likeness (QED) is 0.832. The van der Waals surface area contributed by atoms with Crippen LogP contribution in [0.3, 0.4) is 0 Å². The molecule has 3 N–H and O–H groups in total. The van der Waals surface area contributed by atoms with Crippen molar-refractivity contribution in [1.29, 1.82) is 0 Å². The van der Waals surface area contributed by atoms with Crippen LogP contribution in [-0.2, 0) is 0 Å². The van der Waals surface area contributed by atoms with E-state index in [4.69, 9.17) is 5.73 Å². The average Bonchev–Trinajstić information content (AvgIpc) is 2.26. The van der Waals surface area contributed by atoms with E-state index in [1.54, 1.807) is 0 Å². The Morgan fingerprint density at radius 3 is 2.81 bits per heavy atom. The number of nitrogens with one attached hydrogen (secondary N) is 1. The molecular weight excluding hydrogens is 264 g/mol. The lowest BCUT2D eigenvalue weighted by Crippen LogP contribution is -2.28. The number of halogens is 1. The van der Waals surface area contributed by atoms with Gasteiger partial charge < -0.3 is 5.73 Å². The number of aryl methyl sites for hydroxylation is 1. The zero-order chi connectivity index (χ0) is 12.0. The van der Waals surface area contributed by atoms with E-state index in [0.29, 0.717) is 13.1 Å². The maximum atomic E-state index is 5.76. The molecule has 2 nitrogen and oxygen atoms in total. The predicted molar refractivity (Wildman–Crippen MR) is 72.1 cm³/mol. The fourth-order valence-electron chi connectivity index (χ4n) is 1.50. The normalized spacial score (nSPS) is 11.8. The summed E-state index contributed by atoms with van der Waals surface area (Å²) >= 11 is 3.57. The van der Waals surface area contributed by atoms with E-state index in [0.717, 1.165) is 4.47 Å². The fraction of sp³-hybridized carbons (Fsp3) is 0.385. The van der Waals surface area contributed by atoms with Gasteiger partial charge >= 0.3 is 0 Å². The van der Waals surface area contributed by atoms with Crippen LogP contribution in [0.4, 0.5) is 0 Å². The van der Waals surface area contributed by atoms with Gasteiger partial charge in [0.05, 0.1) is 6.54 Å². The van der Waals surface area contributed by atoms with E-state index in [-0.39, 0.29) is 6.04 Å². The van der Waals surface area contributed by atoms with E-state index in [1.807, 2.05) is 6.92 Å². The summed E-state index contributed by atoms with van der Waals surface area (Å²) in [6.07, 6.45) is 0. The lowest BCUT2D eigenvalue weighted by molar-refractivity contribution is 0.580. The van der Waals surface area contributed by atoms with Crippen LogP contribution in [0.15, 0.2) is 22.7 Å². The van der Waals surface area contributed by atoms with Crippen molar-refractivity contribution in [3.05, 3.63) is 33.8 Å². The molecule has 0 aromatic heterocycles. The Morgan fingerprint density at radius 1 is 1.50 bits per heavy atom. The second-order valence-electron chi connectivity index (χ2n) is 3.62. The van der Waals surface area contributed by atoms with Crippen molar-refractivity contribution in [3.63, 3.8) is 0 Å². The van der Waals surface area contributed by atoms with Crippen LogP contribution in [0.5, 0.6) is 0 Å². The van der Waals surface area contributed by atoms with Crippen LogP contribution in [0.1, 0.15) is 24.1 Å². The van der Waals surface area contributed by atoms with Crippen molar-refractivity contribution in [2.45, 2.75) is 19.9 Å². The van der Waals surface area contributed by atoms with E-state index >= 15 is 0 Å². The van der Waals surface area contributed by atoms with Crippen molar-refractivity contribution >= 4 is 15.9 Å². The van der Waals surface area contributed by atoms with Crippen LogP contribution >= 0.6 is 15.9 Å². The van der Waals surface area contributed by atoms with Gasteiger partial charge in [0.25, 0.3) is 0 Å². The molecule has 0 amide bonds. The van der Waals surface area contributed by atoms with Gasteiger partial charge in [-0.2, -0.15) is 0 Å². The van der Waals surface area contributed by atoms with E-state index < -0.39 is 0 Å². The maximum absolute atomic E-state index is 5.76. The molecule has 0 fully saturated rings. The number of benzene rings is 1. The molecule has 1 aromatic rings. The third kappa shape index (κ3) is 3.64. The Bertz CT molecular complexity index is 404. The van der Waals surface area contributed by atoms with Crippen LogP contribution in [0, 0.1) is 18.8 Å². The maximum Gasteiger partial charge on any atom is 0.0581 e. The van der Waals surface area contributed by atoms with Crippen LogP contribution < -0.4 is 11.1 Å². The molecule has 1 rings (SSSR count). The first-order valence-electron chi connectivity index (χ1n) is 5.28. The molecule has 3 heteroatoms. The van der Waals surface area contributed by atoms with E-state index in [1.165, 1.54) is 11.1 Å². The van der Waals surface area contributed by atoms with E-state index in [9.17, 15) is 0 Å². The average molecular weight is 281 g/mol. The van der Waals surface area contributed by atoms with Gasteiger partial charge in [-0.1, -0.05) is 34.0 Å². The number of nitrogens with two attached hydrogens (primary N) is 1. The van der Waals surface area contributed by atoms with E-state index in [2.05, 4.69) is 58.2 Å². The molecule has 0 aliphatic carbocycles. The third-order valence-electron chi connectivity index (χ3n) is 2.38. The molecule has 0 radical (unpaired) electrons. The summed E-state index contributed by atoms with van der Waals surface area (Å²) in [5.41, 5.74) is 8.18. The summed E-state index contributed by atoms with van der Waals surface area (Å²) in [6, 6.07) is 6.44. The van der Waals surface area contributed by atoms with Gasteiger partial charge in [0, 0.05) is 17.1 Å². The minimum Gasteiger partial charge on any atom is -0.329 e. The third-order valence-corrected chi connectivity index (χ3v) is 3.07. The van der Waals surface area contributed by atoms with Gasteiger partial charge in [-0.3, -0.25) is 5.32 Å². The minimum absolute atomic E-state index is 0.149. The molecule has 86 valence electrons. The highest BCUT2D eigenvalue weighted by Crippen LogP contribution is 2.23. The van der Waals surface area contributed by atoms with Crippen molar-refractivity contribution in [1.82, 2.24) is 5.32 Å². The van der Waals surface area contributed by atoms with Gasteiger partial charge in [-0.05, 0) is 31.0 Å². The van der Waals surface area contributed by atoms with Gasteiger partial charge in [0.2, 0.25) is 0 Å². The number of rotatable bonds is 4. The Balaban J connectivity index is 2.80. The van der Waals surface area contributed by atoms with Crippen molar-refractivity contribution in [2.24, 2.45) is 5.73 Å². The Hall–Kier alpha value is -0.820. The second-order valence-corrected chi connectivity index (χ2v) is 4.48. The summed E-state index contributed by atoms with van der Waals surface area (Å²) in [6.45, 7) is 5.13. The monoisotopic (exact) mass is 280 g/mol. The van der Waals surface area contributed by atoms with Gasteiger partial charge in [0.1, 0.15) is 0 Å². The molecule has 16 heavy (non-hydrogen) atoms. The minimum atomic E-state index is 0.149. The molecule has 0 saturated carbocycles. The molecule has 0 spiro atoms. The van der Waals surface area contributed by atoms with Crippen LogP contribution in [-0.4, -0.2) is 13.1 Å². The lowest BCUT2D eigenvalue weighted by atomic mass is 10.1. The predicted octanol–water partition coefficient (Wildman–Crippen LogP) is 2.37. The molecule has 0 bridgehead atoms. The van der Waals surface area contributed by atoms with Crippen molar-refractivity contribution in [2.75, 3.05) is 13.1 Å². The van der Waals surface area contributed by atoms with Crippen molar-refractivity contribution in [3.8, 4) is 11.8 Å². The zero-order valence-electron chi connectivity index (χ0n) is 9.68. The first kappa shape index (κ1) is 13.2. The van der Waals surface area contributed by atoms with Crippen LogP contribution in [0.25, 0.3) is 0 Å². The molecule has 1 aromatic carbocycles. The first-order chi connectivity index (χ1) is 7.69.